The van der Waals surface area contributed by atoms with Crippen LogP contribution in [0.1, 0.15) is 31.9 Å². The van der Waals surface area contributed by atoms with Crippen LogP contribution in [0.2, 0.25) is 0 Å². The molecule has 1 aliphatic rings. The third-order valence-electron chi connectivity index (χ3n) is 4.43. The number of nitrogens with zero attached hydrogens (tertiary/aromatic N) is 3. The molecule has 2 atom stereocenters. The summed E-state index contributed by atoms with van der Waals surface area (Å²) in [5, 5.41) is 15.4. The highest BCUT2D eigenvalue weighted by atomic mass is 15.3. The minimum absolute atomic E-state index is 0.198. The van der Waals surface area contributed by atoms with Gasteiger partial charge in [0.2, 0.25) is 0 Å². The average molecular weight is 253 g/mol. The third-order valence-corrected chi connectivity index (χ3v) is 4.43. The number of benzene rings is 1. The lowest BCUT2D eigenvalue weighted by Gasteiger charge is -2.19. The fourth-order valence-corrected chi connectivity index (χ4v) is 3.44. The Morgan fingerprint density at radius 2 is 2.26 bits per heavy atom. The van der Waals surface area contributed by atoms with Gasteiger partial charge in [-0.2, -0.15) is 10.4 Å². The third kappa shape index (κ3) is 2.02. The SMILES string of the molecule is CC1CCC(C#N)(Cc2nn(C)c3ccccc23)C1. The molecule has 1 heterocycles. The van der Waals surface area contributed by atoms with Crippen molar-refractivity contribution in [1.29, 1.82) is 5.26 Å². The molecule has 0 aliphatic heterocycles. The van der Waals surface area contributed by atoms with E-state index in [9.17, 15) is 5.26 Å². The van der Waals surface area contributed by atoms with E-state index >= 15 is 0 Å². The van der Waals surface area contributed by atoms with Crippen molar-refractivity contribution in [3.05, 3.63) is 30.0 Å². The molecular weight excluding hydrogens is 234 g/mol. The predicted octanol–water partition coefficient (Wildman–Crippen LogP) is 3.45. The molecule has 1 fully saturated rings. The van der Waals surface area contributed by atoms with Gasteiger partial charge in [-0.3, -0.25) is 4.68 Å². The van der Waals surface area contributed by atoms with Crippen LogP contribution >= 0.6 is 0 Å². The Morgan fingerprint density at radius 3 is 2.95 bits per heavy atom. The standard InChI is InChI=1S/C16H19N3/c1-12-7-8-16(9-12,11-17)10-14-13-5-3-4-6-15(13)19(2)18-14/h3-6,12H,7-10H2,1-2H3. The topological polar surface area (TPSA) is 41.6 Å². The van der Waals surface area contributed by atoms with Crippen molar-refractivity contribution in [1.82, 2.24) is 9.78 Å². The van der Waals surface area contributed by atoms with Crippen molar-refractivity contribution in [2.45, 2.75) is 32.6 Å². The summed E-state index contributed by atoms with van der Waals surface area (Å²) in [6.45, 7) is 2.25. The molecule has 1 saturated carbocycles. The summed E-state index contributed by atoms with van der Waals surface area (Å²) < 4.78 is 1.92. The lowest BCUT2D eigenvalue weighted by molar-refractivity contribution is 0.387. The molecule has 2 unspecified atom stereocenters. The first-order valence-corrected chi connectivity index (χ1v) is 6.95. The Balaban J connectivity index is 2.00. The van der Waals surface area contributed by atoms with Gasteiger partial charge in [-0.05, 0) is 31.2 Å². The minimum Gasteiger partial charge on any atom is -0.268 e. The Labute approximate surface area is 113 Å². The lowest BCUT2D eigenvalue weighted by atomic mass is 9.82. The maximum Gasteiger partial charge on any atom is 0.0719 e. The van der Waals surface area contributed by atoms with Crippen LogP contribution < -0.4 is 0 Å². The molecule has 3 nitrogen and oxygen atoms in total. The van der Waals surface area contributed by atoms with Crippen LogP contribution in [-0.2, 0) is 13.5 Å². The van der Waals surface area contributed by atoms with E-state index in [0.717, 1.165) is 30.5 Å². The van der Waals surface area contributed by atoms with Gasteiger partial charge in [-0.15, -0.1) is 0 Å². The molecule has 1 aliphatic carbocycles. The van der Waals surface area contributed by atoms with Gasteiger partial charge < -0.3 is 0 Å². The maximum absolute atomic E-state index is 9.59. The number of hydrogen-bond donors (Lipinski definition) is 0. The highest BCUT2D eigenvalue weighted by Crippen LogP contribution is 2.44. The first kappa shape index (κ1) is 12.2. The van der Waals surface area contributed by atoms with Gasteiger partial charge >= 0.3 is 0 Å². The first-order chi connectivity index (χ1) is 9.13. The fraction of sp³-hybridized carbons (Fsp3) is 0.500. The molecule has 0 saturated heterocycles. The Bertz CT molecular complexity index is 650. The summed E-state index contributed by atoms with van der Waals surface area (Å²) in [4.78, 5) is 0. The molecule has 0 radical (unpaired) electrons. The van der Waals surface area contributed by atoms with Crippen LogP contribution in [0, 0.1) is 22.7 Å². The number of rotatable bonds is 2. The van der Waals surface area contributed by atoms with Gasteiger partial charge in [0.05, 0.1) is 22.7 Å². The molecule has 0 N–H and O–H groups in total. The summed E-state index contributed by atoms with van der Waals surface area (Å²) in [5.74, 6) is 0.662. The van der Waals surface area contributed by atoms with Crippen LogP contribution in [0.15, 0.2) is 24.3 Å². The summed E-state index contributed by atoms with van der Waals surface area (Å²) >= 11 is 0. The van der Waals surface area contributed by atoms with Gasteiger partial charge in [0.25, 0.3) is 0 Å². The summed E-state index contributed by atoms with van der Waals surface area (Å²) in [7, 11) is 1.97. The fourth-order valence-electron chi connectivity index (χ4n) is 3.44. The van der Waals surface area contributed by atoms with E-state index in [1.54, 1.807) is 0 Å². The van der Waals surface area contributed by atoms with Crippen molar-refractivity contribution >= 4 is 10.9 Å². The van der Waals surface area contributed by atoms with Crippen LogP contribution in [-0.4, -0.2) is 9.78 Å². The lowest BCUT2D eigenvalue weighted by Crippen LogP contribution is -2.18. The van der Waals surface area contributed by atoms with E-state index in [2.05, 4.69) is 30.2 Å². The molecule has 0 spiro atoms. The number of para-hydroxylation sites is 1. The highest BCUT2D eigenvalue weighted by molar-refractivity contribution is 5.81. The first-order valence-electron chi connectivity index (χ1n) is 6.95. The Kier molecular flexibility index (Phi) is 2.82. The largest absolute Gasteiger partial charge is 0.268 e. The molecular formula is C16H19N3. The van der Waals surface area contributed by atoms with E-state index in [-0.39, 0.29) is 5.41 Å². The van der Waals surface area contributed by atoms with Crippen LogP contribution in [0.3, 0.4) is 0 Å². The van der Waals surface area contributed by atoms with E-state index in [0.29, 0.717) is 5.92 Å². The number of nitriles is 1. The van der Waals surface area contributed by atoms with Crippen molar-refractivity contribution in [3.8, 4) is 6.07 Å². The average Bonchev–Trinajstić information content (AvgIpc) is 2.93. The van der Waals surface area contributed by atoms with Gasteiger partial charge in [-0.1, -0.05) is 25.1 Å². The minimum atomic E-state index is -0.198. The van der Waals surface area contributed by atoms with Crippen molar-refractivity contribution in [3.63, 3.8) is 0 Å². The molecule has 0 amide bonds. The maximum atomic E-state index is 9.59. The van der Waals surface area contributed by atoms with E-state index in [4.69, 9.17) is 0 Å². The van der Waals surface area contributed by atoms with Crippen molar-refractivity contribution in [2.24, 2.45) is 18.4 Å². The Morgan fingerprint density at radius 1 is 1.47 bits per heavy atom. The van der Waals surface area contributed by atoms with Gasteiger partial charge in [0, 0.05) is 18.9 Å². The van der Waals surface area contributed by atoms with Crippen molar-refractivity contribution < 1.29 is 0 Å². The van der Waals surface area contributed by atoms with E-state index in [1.165, 1.54) is 11.8 Å². The van der Waals surface area contributed by atoms with E-state index < -0.39 is 0 Å². The second-order valence-electron chi connectivity index (χ2n) is 6.00. The van der Waals surface area contributed by atoms with Crippen LogP contribution in [0.25, 0.3) is 10.9 Å². The van der Waals surface area contributed by atoms with Gasteiger partial charge in [0.15, 0.2) is 0 Å². The molecule has 2 aromatic rings. The predicted molar refractivity (Wildman–Crippen MR) is 75.5 cm³/mol. The van der Waals surface area contributed by atoms with Crippen LogP contribution in [0.5, 0.6) is 0 Å². The van der Waals surface area contributed by atoms with Crippen molar-refractivity contribution in [2.75, 3.05) is 0 Å². The molecule has 0 bridgehead atoms. The van der Waals surface area contributed by atoms with Gasteiger partial charge in [0.1, 0.15) is 0 Å². The van der Waals surface area contributed by atoms with Crippen LogP contribution in [0.4, 0.5) is 0 Å². The Hall–Kier alpha value is -1.82. The molecule has 1 aromatic carbocycles. The summed E-state index contributed by atoms with van der Waals surface area (Å²) in [6, 6.07) is 10.9. The van der Waals surface area contributed by atoms with E-state index in [1.807, 2.05) is 23.9 Å². The molecule has 3 rings (SSSR count). The number of hydrogen-bond acceptors (Lipinski definition) is 2. The monoisotopic (exact) mass is 253 g/mol. The summed E-state index contributed by atoms with van der Waals surface area (Å²) in [5.41, 5.74) is 2.03. The number of aromatic nitrogens is 2. The normalized spacial score (nSPS) is 26.7. The molecule has 1 aromatic heterocycles. The zero-order valence-electron chi connectivity index (χ0n) is 11.6. The number of fused-ring (bicyclic) bond motifs is 1. The van der Waals surface area contributed by atoms with Gasteiger partial charge in [-0.25, -0.2) is 0 Å². The molecule has 98 valence electrons. The zero-order valence-corrected chi connectivity index (χ0v) is 11.6. The zero-order chi connectivity index (χ0) is 13.5. The second kappa shape index (κ2) is 4.38. The molecule has 19 heavy (non-hydrogen) atoms. The quantitative estimate of drug-likeness (QED) is 0.822. The number of aryl methyl sites for hydroxylation is 1. The summed E-state index contributed by atoms with van der Waals surface area (Å²) in [6.07, 6.45) is 3.97. The highest BCUT2D eigenvalue weighted by Gasteiger charge is 2.38. The second-order valence-corrected chi connectivity index (χ2v) is 6.00. The molecule has 3 heteroatoms. The smallest absolute Gasteiger partial charge is 0.0719 e.